The molecule has 1 N–H and O–H groups in total. The van der Waals surface area contributed by atoms with Crippen LogP contribution in [0.25, 0.3) is 0 Å². The largest absolute Gasteiger partial charge is 0.333 e. The highest BCUT2D eigenvalue weighted by Gasteiger charge is 2.29. The topological polar surface area (TPSA) is 32.3 Å². The van der Waals surface area contributed by atoms with E-state index in [1.54, 1.807) is 11.3 Å². The molecular weight excluding hydrogens is 268 g/mol. The van der Waals surface area contributed by atoms with Gasteiger partial charge >= 0.3 is 6.03 Å². The Kier molecular flexibility index (Phi) is 4.02. The molecular formula is C16H18N2OS. The van der Waals surface area contributed by atoms with Crippen molar-refractivity contribution in [3.05, 3.63) is 58.3 Å². The molecule has 0 bridgehead atoms. The molecule has 1 fully saturated rings. The molecule has 3 rings (SSSR count). The Hall–Kier alpha value is -1.81. The molecule has 1 aliphatic rings. The first-order chi connectivity index (χ1) is 9.84. The molecule has 4 heteroatoms. The Labute approximate surface area is 123 Å². The van der Waals surface area contributed by atoms with Crippen molar-refractivity contribution in [3.63, 3.8) is 0 Å². The summed E-state index contributed by atoms with van der Waals surface area (Å²) in [7, 11) is 0. The van der Waals surface area contributed by atoms with Gasteiger partial charge in [-0.1, -0.05) is 36.4 Å². The third kappa shape index (κ3) is 2.85. The second-order valence-electron chi connectivity index (χ2n) is 5.00. The van der Waals surface area contributed by atoms with Crippen molar-refractivity contribution in [3.8, 4) is 0 Å². The van der Waals surface area contributed by atoms with Crippen LogP contribution in [0.4, 0.5) is 4.79 Å². The standard InChI is InChI=1S/C16H18N2OS/c19-16(17-12-14-8-5-11-20-14)18-10-4-9-15(18)13-6-2-1-3-7-13/h1-3,5-8,11,15H,4,9-10,12H2,(H,17,19). The number of nitrogens with one attached hydrogen (secondary N) is 1. The zero-order valence-corrected chi connectivity index (χ0v) is 12.1. The smallest absolute Gasteiger partial charge is 0.318 e. The van der Waals surface area contributed by atoms with E-state index in [2.05, 4.69) is 17.4 Å². The van der Waals surface area contributed by atoms with Gasteiger partial charge in [0, 0.05) is 11.4 Å². The van der Waals surface area contributed by atoms with Crippen LogP contribution in [-0.2, 0) is 6.54 Å². The minimum Gasteiger partial charge on any atom is -0.333 e. The lowest BCUT2D eigenvalue weighted by Crippen LogP contribution is -2.39. The van der Waals surface area contributed by atoms with E-state index in [1.165, 1.54) is 10.4 Å². The number of nitrogens with zero attached hydrogens (tertiary/aromatic N) is 1. The molecule has 1 aromatic carbocycles. The van der Waals surface area contributed by atoms with Gasteiger partial charge in [0.25, 0.3) is 0 Å². The summed E-state index contributed by atoms with van der Waals surface area (Å²) in [6, 6.07) is 14.6. The van der Waals surface area contributed by atoms with Gasteiger partial charge in [-0.25, -0.2) is 4.79 Å². The van der Waals surface area contributed by atoms with Crippen molar-refractivity contribution in [2.24, 2.45) is 0 Å². The van der Waals surface area contributed by atoms with E-state index in [0.29, 0.717) is 6.54 Å². The number of hydrogen-bond acceptors (Lipinski definition) is 2. The third-order valence-electron chi connectivity index (χ3n) is 3.69. The fourth-order valence-electron chi connectivity index (χ4n) is 2.71. The number of rotatable bonds is 3. The van der Waals surface area contributed by atoms with Gasteiger partial charge in [0.1, 0.15) is 0 Å². The van der Waals surface area contributed by atoms with Crippen molar-refractivity contribution in [1.29, 1.82) is 0 Å². The number of likely N-dealkylation sites (tertiary alicyclic amines) is 1. The Morgan fingerprint density at radius 1 is 1.25 bits per heavy atom. The van der Waals surface area contributed by atoms with Crippen LogP contribution in [0.5, 0.6) is 0 Å². The zero-order valence-electron chi connectivity index (χ0n) is 11.3. The Bertz CT molecular complexity index is 553. The third-order valence-corrected chi connectivity index (χ3v) is 4.57. The summed E-state index contributed by atoms with van der Waals surface area (Å²) in [6.45, 7) is 1.46. The summed E-state index contributed by atoms with van der Waals surface area (Å²) in [4.78, 5) is 15.5. The minimum atomic E-state index is 0.0461. The van der Waals surface area contributed by atoms with Crippen LogP contribution in [0.1, 0.15) is 29.3 Å². The molecule has 104 valence electrons. The summed E-state index contributed by atoms with van der Waals surface area (Å²) in [5, 5.41) is 5.06. The number of carbonyl (C=O) groups is 1. The molecule has 1 saturated heterocycles. The number of amides is 2. The van der Waals surface area contributed by atoms with E-state index in [4.69, 9.17) is 0 Å². The second kappa shape index (κ2) is 6.09. The van der Waals surface area contributed by atoms with E-state index in [1.807, 2.05) is 40.6 Å². The van der Waals surface area contributed by atoms with E-state index >= 15 is 0 Å². The number of urea groups is 1. The molecule has 2 amide bonds. The molecule has 0 saturated carbocycles. The van der Waals surface area contributed by atoms with Crippen molar-refractivity contribution < 1.29 is 4.79 Å². The summed E-state index contributed by atoms with van der Waals surface area (Å²) < 4.78 is 0. The van der Waals surface area contributed by atoms with Crippen LogP contribution in [0.3, 0.4) is 0 Å². The van der Waals surface area contributed by atoms with Gasteiger partial charge in [-0.3, -0.25) is 0 Å². The maximum atomic E-state index is 12.3. The summed E-state index contributed by atoms with van der Waals surface area (Å²) in [6.07, 6.45) is 2.13. The summed E-state index contributed by atoms with van der Waals surface area (Å²) in [5.74, 6) is 0. The van der Waals surface area contributed by atoms with Crippen molar-refractivity contribution in [1.82, 2.24) is 10.2 Å². The molecule has 1 atom stereocenters. The Morgan fingerprint density at radius 3 is 2.85 bits per heavy atom. The number of hydrogen-bond donors (Lipinski definition) is 1. The van der Waals surface area contributed by atoms with E-state index < -0.39 is 0 Å². The zero-order chi connectivity index (χ0) is 13.8. The fourth-order valence-corrected chi connectivity index (χ4v) is 3.35. The molecule has 2 heterocycles. The molecule has 3 nitrogen and oxygen atoms in total. The molecule has 20 heavy (non-hydrogen) atoms. The van der Waals surface area contributed by atoms with Crippen LogP contribution in [0.2, 0.25) is 0 Å². The molecule has 1 unspecified atom stereocenters. The van der Waals surface area contributed by atoms with Crippen LogP contribution in [0.15, 0.2) is 47.8 Å². The van der Waals surface area contributed by atoms with Gasteiger partial charge in [0.15, 0.2) is 0 Å². The monoisotopic (exact) mass is 286 g/mol. The van der Waals surface area contributed by atoms with E-state index in [9.17, 15) is 4.79 Å². The highest BCUT2D eigenvalue weighted by molar-refractivity contribution is 7.09. The maximum Gasteiger partial charge on any atom is 0.318 e. The highest BCUT2D eigenvalue weighted by atomic mass is 32.1. The summed E-state index contributed by atoms with van der Waals surface area (Å²) >= 11 is 1.67. The quantitative estimate of drug-likeness (QED) is 0.914. The van der Waals surface area contributed by atoms with Gasteiger partial charge in [0.05, 0.1) is 12.6 Å². The lowest BCUT2D eigenvalue weighted by molar-refractivity contribution is 0.192. The van der Waals surface area contributed by atoms with Gasteiger partial charge in [-0.2, -0.15) is 0 Å². The lowest BCUT2D eigenvalue weighted by Gasteiger charge is -2.25. The highest BCUT2D eigenvalue weighted by Crippen LogP contribution is 2.31. The Morgan fingerprint density at radius 2 is 2.10 bits per heavy atom. The van der Waals surface area contributed by atoms with Crippen LogP contribution in [0, 0.1) is 0 Å². The first kappa shape index (κ1) is 13.2. The predicted octanol–water partition coefficient (Wildman–Crippen LogP) is 3.79. The lowest BCUT2D eigenvalue weighted by atomic mass is 10.1. The van der Waals surface area contributed by atoms with E-state index in [0.717, 1.165) is 19.4 Å². The van der Waals surface area contributed by atoms with E-state index in [-0.39, 0.29) is 12.1 Å². The molecule has 1 aromatic heterocycles. The van der Waals surface area contributed by atoms with Gasteiger partial charge < -0.3 is 10.2 Å². The summed E-state index contributed by atoms with van der Waals surface area (Å²) in [5.41, 5.74) is 1.23. The number of benzene rings is 1. The molecule has 0 aliphatic carbocycles. The second-order valence-corrected chi connectivity index (χ2v) is 6.03. The van der Waals surface area contributed by atoms with Gasteiger partial charge in [-0.15, -0.1) is 11.3 Å². The predicted molar refractivity (Wildman–Crippen MR) is 81.7 cm³/mol. The number of thiophene rings is 1. The first-order valence-corrected chi connectivity index (χ1v) is 7.84. The maximum absolute atomic E-state index is 12.3. The minimum absolute atomic E-state index is 0.0461. The van der Waals surface area contributed by atoms with Crippen LogP contribution >= 0.6 is 11.3 Å². The fraction of sp³-hybridized carbons (Fsp3) is 0.312. The first-order valence-electron chi connectivity index (χ1n) is 6.96. The SMILES string of the molecule is O=C(NCc1cccs1)N1CCCC1c1ccccc1. The average Bonchev–Trinajstić information content (AvgIpc) is 3.17. The van der Waals surface area contributed by atoms with Gasteiger partial charge in [-0.05, 0) is 29.9 Å². The molecule has 2 aromatic rings. The molecule has 0 spiro atoms. The van der Waals surface area contributed by atoms with Crippen molar-refractivity contribution in [2.45, 2.75) is 25.4 Å². The number of carbonyl (C=O) groups excluding carboxylic acids is 1. The normalized spacial score (nSPS) is 18.2. The van der Waals surface area contributed by atoms with Crippen molar-refractivity contribution in [2.75, 3.05) is 6.54 Å². The Balaban J connectivity index is 1.64. The average molecular weight is 286 g/mol. The molecule has 0 radical (unpaired) electrons. The molecule has 1 aliphatic heterocycles. The van der Waals surface area contributed by atoms with Gasteiger partial charge in [0.2, 0.25) is 0 Å². The van der Waals surface area contributed by atoms with Crippen molar-refractivity contribution >= 4 is 17.4 Å². The van der Waals surface area contributed by atoms with Crippen LogP contribution in [-0.4, -0.2) is 17.5 Å². The van der Waals surface area contributed by atoms with Crippen LogP contribution < -0.4 is 5.32 Å².